The highest BCUT2D eigenvalue weighted by molar-refractivity contribution is 6.30. The monoisotopic (exact) mass is 355 g/mol. The highest BCUT2D eigenvalue weighted by atomic mass is 35.5. The van der Waals surface area contributed by atoms with Crippen molar-refractivity contribution in [3.63, 3.8) is 0 Å². The molecule has 2 aromatic carbocycles. The second-order valence-electron chi connectivity index (χ2n) is 7.02. The highest BCUT2D eigenvalue weighted by Gasteiger charge is 2.63. The van der Waals surface area contributed by atoms with E-state index >= 15 is 0 Å². The van der Waals surface area contributed by atoms with Crippen LogP contribution in [0.5, 0.6) is 0 Å². The Labute approximate surface area is 150 Å². The van der Waals surface area contributed by atoms with E-state index in [0.717, 1.165) is 54.2 Å². The number of hydrogen-bond donors (Lipinski definition) is 2. The van der Waals surface area contributed by atoms with Crippen molar-refractivity contribution in [1.29, 1.82) is 0 Å². The summed E-state index contributed by atoms with van der Waals surface area (Å²) < 4.78 is 0. The van der Waals surface area contributed by atoms with E-state index in [1.807, 2.05) is 36.4 Å². The largest absolute Gasteiger partial charge is 0.465 e. The molecule has 0 saturated heterocycles. The molecule has 1 atom stereocenters. The minimum Gasteiger partial charge on any atom is -0.465 e. The maximum Gasteiger partial charge on any atom is 0.405 e. The van der Waals surface area contributed by atoms with Crippen LogP contribution in [0.4, 0.5) is 4.79 Å². The van der Waals surface area contributed by atoms with E-state index in [0.29, 0.717) is 5.02 Å². The number of benzene rings is 2. The summed E-state index contributed by atoms with van der Waals surface area (Å²) in [6.45, 7) is 0. The Bertz CT molecular complexity index is 858. The predicted octanol–water partition coefficient (Wildman–Crippen LogP) is 4.40. The van der Waals surface area contributed by atoms with Gasteiger partial charge in [-0.2, -0.15) is 0 Å². The van der Waals surface area contributed by atoms with Crippen LogP contribution in [0.1, 0.15) is 30.4 Å². The van der Waals surface area contributed by atoms with Gasteiger partial charge in [0.25, 0.3) is 0 Å². The molecule has 1 fully saturated rings. The second-order valence-corrected chi connectivity index (χ2v) is 7.45. The van der Waals surface area contributed by atoms with Crippen LogP contribution in [0.2, 0.25) is 5.02 Å². The van der Waals surface area contributed by atoms with E-state index in [1.165, 1.54) is 0 Å². The maximum absolute atomic E-state index is 12.1. The maximum atomic E-state index is 12.1. The molecular formula is C20H18ClNO3. The molecule has 0 radical (unpaired) electrons. The van der Waals surface area contributed by atoms with Crippen molar-refractivity contribution >= 4 is 24.0 Å². The van der Waals surface area contributed by atoms with Crippen LogP contribution in [0.25, 0.3) is 11.1 Å². The normalized spacial score (nSPS) is 22.9. The molecule has 1 saturated carbocycles. The van der Waals surface area contributed by atoms with E-state index in [-0.39, 0.29) is 5.41 Å². The molecule has 2 aromatic rings. The lowest BCUT2D eigenvalue weighted by atomic mass is 9.67. The smallest absolute Gasteiger partial charge is 0.405 e. The van der Waals surface area contributed by atoms with Crippen molar-refractivity contribution in [3.8, 4) is 11.1 Å². The Morgan fingerprint density at radius 3 is 2.36 bits per heavy atom. The van der Waals surface area contributed by atoms with Crippen LogP contribution in [-0.2, 0) is 16.8 Å². The second kappa shape index (κ2) is 5.60. The van der Waals surface area contributed by atoms with Gasteiger partial charge in [-0.3, -0.25) is 0 Å². The third kappa shape index (κ3) is 2.44. The standard InChI is InChI=1S/C20H18ClNO3/c21-16-4-1-13(2-5-16)14-3-6-17-15(11-14)7-8-19(9-10-19)20(17,12-23)22-18(24)25/h1-6,11-12,22H,7-10H2,(H,24,25)/t20-/m1/s1. The van der Waals surface area contributed by atoms with Gasteiger partial charge >= 0.3 is 6.09 Å². The molecule has 0 heterocycles. The summed E-state index contributed by atoms with van der Waals surface area (Å²) in [5.74, 6) is 0. The van der Waals surface area contributed by atoms with E-state index < -0.39 is 11.6 Å². The number of hydrogen-bond acceptors (Lipinski definition) is 2. The van der Waals surface area contributed by atoms with E-state index in [9.17, 15) is 14.7 Å². The number of aryl methyl sites for hydroxylation is 1. The summed E-state index contributed by atoms with van der Waals surface area (Å²) in [5, 5.41) is 12.6. The van der Waals surface area contributed by atoms with Crippen molar-refractivity contribution in [2.24, 2.45) is 5.41 Å². The Morgan fingerprint density at radius 2 is 1.76 bits per heavy atom. The van der Waals surface area contributed by atoms with Crippen molar-refractivity contribution in [3.05, 3.63) is 58.6 Å². The van der Waals surface area contributed by atoms with Crippen LogP contribution in [0, 0.1) is 5.41 Å². The summed E-state index contributed by atoms with van der Waals surface area (Å²) in [5.41, 5.74) is 2.52. The topological polar surface area (TPSA) is 66.4 Å². The van der Waals surface area contributed by atoms with Crippen molar-refractivity contribution in [1.82, 2.24) is 5.32 Å². The minimum absolute atomic E-state index is 0.262. The summed E-state index contributed by atoms with van der Waals surface area (Å²) in [7, 11) is 0. The molecule has 0 aromatic heterocycles. The summed E-state index contributed by atoms with van der Waals surface area (Å²) >= 11 is 5.95. The van der Waals surface area contributed by atoms with Crippen LogP contribution in [0.15, 0.2) is 42.5 Å². The van der Waals surface area contributed by atoms with Crippen molar-refractivity contribution in [2.45, 2.75) is 31.2 Å². The highest BCUT2D eigenvalue weighted by Crippen LogP contribution is 2.63. The first-order valence-corrected chi connectivity index (χ1v) is 8.74. The first-order chi connectivity index (χ1) is 12.0. The number of rotatable bonds is 3. The number of aldehydes is 1. The molecule has 4 nitrogen and oxygen atoms in total. The van der Waals surface area contributed by atoms with Gasteiger partial charge in [0.15, 0.2) is 6.29 Å². The lowest BCUT2D eigenvalue weighted by molar-refractivity contribution is -0.116. The van der Waals surface area contributed by atoms with Gasteiger partial charge in [-0.1, -0.05) is 41.9 Å². The zero-order chi connectivity index (χ0) is 17.7. The molecule has 0 bridgehead atoms. The molecule has 5 heteroatoms. The average molecular weight is 356 g/mol. The SMILES string of the molecule is O=C[C@@]1(NC(=O)O)c2ccc(-c3ccc(Cl)cc3)cc2CCC12CC2. The zero-order valence-electron chi connectivity index (χ0n) is 13.6. The summed E-state index contributed by atoms with van der Waals surface area (Å²) in [6, 6.07) is 13.5. The molecule has 128 valence electrons. The zero-order valence-corrected chi connectivity index (χ0v) is 14.3. The van der Waals surface area contributed by atoms with Gasteiger partial charge in [0.2, 0.25) is 0 Å². The van der Waals surface area contributed by atoms with Gasteiger partial charge in [0.1, 0.15) is 5.54 Å². The van der Waals surface area contributed by atoms with Crippen LogP contribution in [0.3, 0.4) is 0 Å². The van der Waals surface area contributed by atoms with Crippen molar-refractivity contribution in [2.75, 3.05) is 0 Å². The van der Waals surface area contributed by atoms with E-state index in [4.69, 9.17) is 11.6 Å². The summed E-state index contributed by atoms with van der Waals surface area (Å²) in [4.78, 5) is 23.5. The van der Waals surface area contributed by atoms with Gasteiger partial charge in [-0.25, -0.2) is 4.79 Å². The number of fused-ring (bicyclic) bond motifs is 1. The predicted molar refractivity (Wildman–Crippen MR) is 95.8 cm³/mol. The first kappa shape index (κ1) is 16.2. The van der Waals surface area contributed by atoms with Gasteiger partial charge in [0.05, 0.1) is 0 Å². The number of halogens is 1. The Kier molecular flexibility index (Phi) is 3.62. The molecule has 25 heavy (non-hydrogen) atoms. The van der Waals surface area contributed by atoms with Gasteiger partial charge in [-0.05, 0) is 60.1 Å². The Balaban J connectivity index is 1.82. The van der Waals surface area contributed by atoms with Gasteiger partial charge < -0.3 is 15.2 Å². The fourth-order valence-corrected chi connectivity index (χ4v) is 4.37. The third-order valence-electron chi connectivity index (χ3n) is 5.75. The number of carbonyl (C=O) groups is 2. The lowest BCUT2D eigenvalue weighted by Crippen LogP contribution is -2.55. The van der Waals surface area contributed by atoms with Crippen LogP contribution < -0.4 is 5.32 Å². The van der Waals surface area contributed by atoms with E-state index in [2.05, 4.69) is 11.4 Å². The molecule has 2 aliphatic rings. The van der Waals surface area contributed by atoms with E-state index in [1.54, 1.807) is 0 Å². The van der Waals surface area contributed by atoms with Crippen molar-refractivity contribution < 1.29 is 14.7 Å². The quantitative estimate of drug-likeness (QED) is 0.802. The van der Waals surface area contributed by atoms with Crippen LogP contribution >= 0.6 is 11.6 Å². The fourth-order valence-electron chi connectivity index (χ4n) is 4.25. The molecule has 0 unspecified atom stereocenters. The van der Waals surface area contributed by atoms with Gasteiger partial charge in [-0.15, -0.1) is 0 Å². The number of carboxylic acid groups (broad SMARTS) is 1. The molecule has 2 N–H and O–H groups in total. The minimum atomic E-state index is -1.16. The number of amides is 1. The molecule has 0 aliphatic heterocycles. The third-order valence-corrected chi connectivity index (χ3v) is 6.00. The Morgan fingerprint density at radius 1 is 1.08 bits per heavy atom. The molecule has 4 rings (SSSR count). The molecule has 1 spiro atoms. The summed E-state index contributed by atoms with van der Waals surface area (Å²) in [6.07, 6.45) is 3.08. The fraction of sp³-hybridized carbons (Fsp3) is 0.300. The molecule has 2 aliphatic carbocycles. The molecule has 1 amide bonds. The lowest BCUT2D eigenvalue weighted by Gasteiger charge is -2.42. The Hall–Kier alpha value is -2.33. The van der Waals surface area contributed by atoms with Crippen LogP contribution in [-0.4, -0.2) is 17.5 Å². The molecular weight excluding hydrogens is 338 g/mol. The number of carbonyl (C=O) groups excluding carboxylic acids is 1. The number of nitrogens with one attached hydrogen (secondary N) is 1. The average Bonchev–Trinajstić information content (AvgIpc) is 3.39. The van der Waals surface area contributed by atoms with Gasteiger partial charge in [0, 0.05) is 10.4 Å². The first-order valence-electron chi connectivity index (χ1n) is 8.36.